The molecule has 0 bridgehead atoms. The minimum absolute atomic E-state index is 0.142. The molecule has 2 amide bonds. The van der Waals surface area contributed by atoms with Crippen LogP contribution in [0.25, 0.3) is 0 Å². The molecule has 8 nitrogen and oxygen atoms in total. The summed E-state index contributed by atoms with van der Waals surface area (Å²) in [6.45, 7) is 3.48. The Bertz CT molecular complexity index is 1190. The van der Waals surface area contributed by atoms with Crippen molar-refractivity contribution in [2.24, 2.45) is 0 Å². The predicted molar refractivity (Wildman–Crippen MR) is 127 cm³/mol. The fourth-order valence-electron chi connectivity index (χ4n) is 3.13. The van der Waals surface area contributed by atoms with E-state index in [0.717, 1.165) is 11.3 Å². The first-order valence-electron chi connectivity index (χ1n) is 10.1. The van der Waals surface area contributed by atoms with Crippen molar-refractivity contribution in [3.05, 3.63) is 70.1 Å². The lowest BCUT2D eigenvalue weighted by Gasteiger charge is -2.09. The summed E-state index contributed by atoms with van der Waals surface area (Å²) in [6.07, 6.45) is 0. The number of methoxy groups -OCH3 is 2. The number of hydrogen-bond donors (Lipinski definition) is 2. The molecule has 3 rings (SSSR count). The van der Waals surface area contributed by atoms with Gasteiger partial charge in [-0.05, 0) is 49.7 Å². The Morgan fingerprint density at radius 2 is 1.70 bits per heavy atom. The molecular weight excluding hydrogens is 444 g/mol. The van der Waals surface area contributed by atoms with Gasteiger partial charge in [-0.15, -0.1) is 11.3 Å². The summed E-state index contributed by atoms with van der Waals surface area (Å²) in [5, 5.41) is 5.76. The highest BCUT2D eigenvalue weighted by Gasteiger charge is 2.27. The van der Waals surface area contributed by atoms with Crippen molar-refractivity contribution in [1.29, 1.82) is 0 Å². The molecule has 1 heterocycles. The van der Waals surface area contributed by atoms with E-state index in [4.69, 9.17) is 14.2 Å². The molecule has 172 valence electrons. The summed E-state index contributed by atoms with van der Waals surface area (Å²) in [6, 6.07) is 13.6. The van der Waals surface area contributed by atoms with Crippen LogP contribution in [-0.4, -0.2) is 38.6 Å². The Morgan fingerprint density at radius 1 is 0.939 bits per heavy atom. The van der Waals surface area contributed by atoms with Crippen LogP contribution in [-0.2, 0) is 4.74 Å². The highest BCUT2D eigenvalue weighted by molar-refractivity contribution is 7.19. The van der Waals surface area contributed by atoms with Crippen LogP contribution < -0.4 is 20.1 Å². The molecule has 0 aliphatic rings. The van der Waals surface area contributed by atoms with Gasteiger partial charge < -0.3 is 24.8 Å². The number of anilines is 2. The normalized spacial score (nSPS) is 10.3. The summed E-state index contributed by atoms with van der Waals surface area (Å²) in [4.78, 5) is 38.8. The Hall–Kier alpha value is -3.85. The minimum atomic E-state index is -0.622. The van der Waals surface area contributed by atoms with Crippen LogP contribution >= 0.6 is 11.3 Å². The number of para-hydroxylation sites is 2. The summed E-state index contributed by atoms with van der Waals surface area (Å²) >= 11 is 0.997. The maximum atomic E-state index is 13.1. The lowest BCUT2D eigenvalue weighted by Crippen LogP contribution is -2.15. The molecule has 0 radical (unpaired) electrons. The van der Waals surface area contributed by atoms with Gasteiger partial charge in [0.1, 0.15) is 16.5 Å². The van der Waals surface area contributed by atoms with Gasteiger partial charge in [-0.3, -0.25) is 9.59 Å². The maximum Gasteiger partial charge on any atom is 0.341 e. The topological polar surface area (TPSA) is 103 Å². The van der Waals surface area contributed by atoms with E-state index in [1.165, 1.54) is 14.2 Å². The van der Waals surface area contributed by atoms with Gasteiger partial charge in [-0.25, -0.2) is 4.79 Å². The van der Waals surface area contributed by atoms with Crippen molar-refractivity contribution in [3.63, 3.8) is 0 Å². The van der Waals surface area contributed by atoms with E-state index in [2.05, 4.69) is 10.6 Å². The molecule has 9 heteroatoms. The van der Waals surface area contributed by atoms with Gasteiger partial charge >= 0.3 is 5.97 Å². The first kappa shape index (κ1) is 23.8. The first-order chi connectivity index (χ1) is 15.9. The zero-order chi connectivity index (χ0) is 24.0. The SMILES string of the molecule is CCOC(=O)c1c(NC(=O)c2cccc(OC)c2)sc(C(=O)Nc2ccccc2OC)c1C. The number of esters is 1. The van der Waals surface area contributed by atoms with Crippen LogP contribution in [0.4, 0.5) is 10.7 Å². The molecule has 0 atom stereocenters. The van der Waals surface area contributed by atoms with E-state index in [9.17, 15) is 14.4 Å². The second kappa shape index (κ2) is 10.6. The highest BCUT2D eigenvalue weighted by Crippen LogP contribution is 2.35. The zero-order valence-electron chi connectivity index (χ0n) is 18.7. The summed E-state index contributed by atoms with van der Waals surface area (Å²) in [5.41, 5.74) is 1.38. The average molecular weight is 469 g/mol. The number of ether oxygens (including phenoxy) is 3. The average Bonchev–Trinajstić information content (AvgIpc) is 3.15. The van der Waals surface area contributed by atoms with Crippen LogP contribution in [0.3, 0.4) is 0 Å². The predicted octanol–water partition coefficient (Wildman–Crippen LogP) is 4.76. The summed E-state index contributed by atoms with van der Waals surface area (Å²) in [7, 11) is 3.01. The molecule has 0 aliphatic heterocycles. The monoisotopic (exact) mass is 468 g/mol. The first-order valence-corrected chi connectivity index (χ1v) is 10.9. The van der Waals surface area contributed by atoms with Gasteiger partial charge in [-0.1, -0.05) is 18.2 Å². The van der Waals surface area contributed by atoms with E-state index in [1.807, 2.05) is 0 Å². The number of hydrogen-bond acceptors (Lipinski definition) is 7. The van der Waals surface area contributed by atoms with Gasteiger partial charge in [0.05, 0.1) is 37.0 Å². The molecule has 0 spiro atoms. The number of benzene rings is 2. The molecular formula is C24H24N2O6S. The van der Waals surface area contributed by atoms with Crippen LogP contribution in [0.2, 0.25) is 0 Å². The smallest absolute Gasteiger partial charge is 0.341 e. The van der Waals surface area contributed by atoms with Crippen molar-refractivity contribution in [2.75, 3.05) is 31.5 Å². The van der Waals surface area contributed by atoms with Gasteiger partial charge in [0, 0.05) is 5.56 Å². The lowest BCUT2D eigenvalue weighted by atomic mass is 10.1. The van der Waals surface area contributed by atoms with Crippen molar-refractivity contribution < 1.29 is 28.6 Å². The molecule has 0 saturated carbocycles. The Labute approximate surface area is 195 Å². The van der Waals surface area contributed by atoms with Gasteiger partial charge in [0.15, 0.2) is 0 Å². The minimum Gasteiger partial charge on any atom is -0.497 e. The molecule has 0 unspecified atom stereocenters. The van der Waals surface area contributed by atoms with Gasteiger partial charge in [0.25, 0.3) is 11.8 Å². The van der Waals surface area contributed by atoms with E-state index < -0.39 is 17.8 Å². The number of thiophene rings is 1. The van der Waals surface area contributed by atoms with Gasteiger partial charge in [0.2, 0.25) is 0 Å². The third-order valence-electron chi connectivity index (χ3n) is 4.75. The second-order valence-corrected chi connectivity index (χ2v) is 7.84. The molecule has 0 fully saturated rings. The summed E-state index contributed by atoms with van der Waals surface area (Å²) in [5.74, 6) is -0.486. The Balaban J connectivity index is 1.96. The van der Waals surface area contributed by atoms with Crippen LogP contribution in [0, 0.1) is 6.92 Å². The number of carbonyl (C=O) groups is 3. The molecule has 0 aliphatic carbocycles. The third kappa shape index (κ3) is 5.32. The van der Waals surface area contributed by atoms with E-state index >= 15 is 0 Å². The van der Waals surface area contributed by atoms with Crippen LogP contribution in [0.1, 0.15) is 42.9 Å². The van der Waals surface area contributed by atoms with Crippen molar-refractivity contribution >= 4 is 39.8 Å². The van der Waals surface area contributed by atoms with E-state index in [-0.39, 0.29) is 22.0 Å². The fraction of sp³-hybridized carbons (Fsp3) is 0.208. The van der Waals surface area contributed by atoms with Crippen molar-refractivity contribution in [1.82, 2.24) is 0 Å². The van der Waals surface area contributed by atoms with Crippen molar-refractivity contribution in [2.45, 2.75) is 13.8 Å². The number of carbonyl (C=O) groups excluding carboxylic acids is 3. The van der Waals surface area contributed by atoms with E-state index in [1.54, 1.807) is 62.4 Å². The third-order valence-corrected chi connectivity index (χ3v) is 5.95. The largest absolute Gasteiger partial charge is 0.497 e. The fourth-order valence-corrected chi connectivity index (χ4v) is 4.22. The standard InChI is InChI=1S/C24H24N2O6S/c1-5-32-24(29)19-14(2)20(22(28)25-17-11-6-7-12-18(17)31-4)33-23(19)26-21(27)15-9-8-10-16(13-15)30-3/h6-13H,5H2,1-4H3,(H,25,28)(H,26,27). The highest BCUT2D eigenvalue weighted by atomic mass is 32.1. The maximum absolute atomic E-state index is 13.1. The second-order valence-electron chi connectivity index (χ2n) is 6.82. The van der Waals surface area contributed by atoms with E-state index in [0.29, 0.717) is 28.3 Å². The molecule has 0 saturated heterocycles. The van der Waals surface area contributed by atoms with Crippen LogP contribution in [0.15, 0.2) is 48.5 Å². The Kier molecular flexibility index (Phi) is 7.68. The Morgan fingerprint density at radius 3 is 2.39 bits per heavy atom. The van der Waals surface area contributed by atoms with Gasteiger partial charge in [-0.2, -0.15) is 0 Å². The number of nitrogens with one attached hydrogen (secondary N) is 2. The van der Waals surface area contributed by atoms with Crippen molar-refractivity contribution in [3.8, 4) is 11.5 Å². The molecule has 1 aromatic heterocycles. The molecule has 3 aromatic rings. The summed E-state index contributed by atoms with van der Waals surface area (Å²) < 4.78 is 15.6. The molecule has 2 N–H and O–H groups in total. The molecule has 2 aromatic carbocycles. The lowest BCUT2D eigenvalue weighted by molar-refractivity contribution is 0.0527. The number of rotatable bonds is 8. The quantitative estimate of drug-likeness (QED) is 0.462. The number of amides is 2. The molecule has 33 heavy (non-hydrogen) atoms. The van der Waals surface area contributed by atoms with Crippen LogP contribution in [0.5, 0.6) is 11.5 Å². The zero-order valence-corrected chi connectivity index (χ0v) is 19.5.